The van der Waals surface area contributed by atoms with Crippen LogP contribution >= 0.6 is 0 Å². The highest BCUT2D eigenvalue weighted by Gasteiger charge is 2.29. The molecular formula is C16H24N4O2. The van der Waals surface area contributed by atoms with Gasteiger partial charge in [-0.15, -0.1) is 0 Å². The van der Waals surface area contributed by atoms with E-state index in [1.54, 1.807) is 25.0 Å². The van der Waals surface area contributed by atoms with Gasteiger partial charge in [0.25, 0.3) is 5.56 Å². The molecule has 1 aliphatic rings. The van der Waals surface area contributed by atoms with Crippen molar-refractivity contribution in [1.29, 1.82) is 0 Å². The summed E-state index contributed by atoms with van der Waals surface area (Å²) in [7, 11) is 3.47. The second-order valence-electron chi connectivity index (χ2n) is 7.41. The second kappa shape index (κ2) is 5.11. The van der Waals surface area contributed by atoms with Crippen LogP contribution in [0.1, 0.15) is 39.5 Å². The Morgan fingerprint density at radius 2 is 2.05 bits per heavy atom. The SMILES string of the molecule is Cn1cnc2c1c(=O)n(CC1CCCC(C)(C)C1)c(=O)n2C. The highest BCUT2D eigenvalue weighted by molar-refractivity contribution is 5.69. The Morgan fingerprint density at radius 3 is 2.73 bits per heavy atom. The lowest BCUT2D eigenvalue weighted by atomic mass is 9.72. The van der Waals surface area contributed by atoms with Crippen LogP contribution < -0.4 is 11.2 Å². The number of hydrogen-bond acceptors (Lipinski definition) is 3. The largest absolute Gasteiger partial charge is 0.332 e. The molecule has 1 unspecified atom stereocenters. The highest BCUT2D eigenvalue weighted by atomic mass is 16.2. The van der Waals surface area contributed by atoms with E-state index in [1.807, 2.05) is 0 Å². The zero-order valence-corrected chi connectivity index (χ0v) is 13.8. The van der Waals surface area contributed by atoms with Crippen molar-refractivity contribution in [3.05, 3.63) is 27.2 Å². The zero-order valence-electron chi connectivity index (χ0n) is 13.8. The van der Waals surface area contributed by atoms with Crippen molar-refractivity contribution in [2.24, 2.45) is 25.4 Å². The Bertz CT molecular complexity index is 825. The number of nitrogens with zero attached hydrogens (tertiary/aromatic N) is 4. The van der Waals surface area contributed by atoms with Crippen LogP contribution in [0.2, 0.25) is 0 Å². The molecule has 1 atom stereocenters. The van der Waals surface area contributed by atoms with Gasteiger partial charge in [0.2, 0.25) is 0 Å². The predicted molar refractivity (Wildman–Crippen MR) is 86.0 cm³/mol. The number of imidazole rings is 1. The summed E-state index contributed by atoms with van der Waals surface area (Å²) < 4.78 is 4.57. The Morgan fingerprint density at radius 1 is 1.32 bits per heavy atom. The molecule has 1 fully saturated rings. The summed E-state index contributed by atoms with van der Waals surface area (Å²) in [6.07, 6.45) is 6.12. The molecule has 0 aliphatic heterocycles. The molecule has 0 saturated heterocycles. The maximum atomic E-state index is 12.7. The first-order chi connectivity index (χ1) is 10.3. The van der Waals surface area contributed by atoms with E-state index in [0.29, 0.717) is 29.0 Å². The van der Waals surface area contributed by atoms with Crippen LogP contribution in [0.5, 0.6) is 0 Å². The molecule has 0 bridgehead atoms. The molecule has 0 aromatic carbocycles. The fourth-order valence-corrected chi connectivity index (χ4v) is 3.83. The van der Waals surface area contributed by atoms with Gasteiger partial charge in [-0.25, -0.2) is 9.78 Å². The molecule has 6 heteroatoms. The summed E-state index contributed by atoms with van der Waals surface area (Å²) in [5.41, 5.74) is 0.768. The second-order valence-corrected chi connectivity index (χ2v) is 7.41. The van der Waals surface area contributed by atoms with Gasteiger partial charge in [-0.05, 0) is 30.6 Å². The third kappa shape index (κ3) is 2.40. The molecule has 2 aromatic heterocycles. The van der Waals surface area contributed by atoms with E-state index in [9.17, 15) is 9.59 Å². The number of aromatic nitrogens is 4. The summed E-state index contributed by atoms with van der Waals surface area (Å²) in [6.45, 7) is 5.05. The van der Waals surface area contributed by atoms with Gasteiger partial charge < -0.3 is 4.57 Å². The third-order valence-electron chi connectivity index (χ3n) is 4.95. The van der Waals surface area contributed by atoms with Crippen LogP contribution in [0.4, 0.5) is 0 Å². The average molecular weight is 304 g/mol. The first kappa shape index (κ1) is 15.1. The normalized spacial score (nSPS) is 21.4. The van der Waals surface area contributed by atoms with E-state index in [0.717, 1.165) is 12.8 Å². The van der Waals surface area contributed by atoms with Gasteiger partial charge in [-0.2, -0.15) is 0 Å². The van der Waals surface area contributed by atoms with Crippen molar-refractivity contribution >= 4 is 11.2 Å². The van der Waals surface area contributed by atoms with Gasteiger partial charge in [0.15, 0.2) is 11.2 Å². The minimum atomic E-state index is -0.264. The van der Waals surface area contributed by atoms with Crippen LogP contribution in [0.25, 0.3) is 11.2 Å². The molecule has 0 amide bonds. The molecule has 0 spiro atoms. The molecule has 1 saturated carbocycles. The fourth-order valence-electron chi connectivity index (χ4n) is 3.83. The zero-order chi connectivity index (χ0) is 16.1. The topological polar surface area (TPSA) is 61.8 Å². The summed E-state index contributed by atoms with van der Waals surface area (Å²) in [4.78, 5) is 29.4. The number of aryl methyl sites for hydroxylation is 2. The van der Waals surface area contributed by atoms with Crippen LogP contribution in [0.3, 0.4) is 0 Å². The Kier molecular flexibility index (Phi) is 3.50. The molecule has 3 rings (SSSR count). The van der Waals surface area contributed by atoms with E-state index >= 15 is 0 Å². The van der Waals surface area contributed by atoms with Gasteiger partial charge >= 0.3 is 5.69 Å². The molecule has 22 heavy (non-hydrogen) atoms. The molecular weight excluding hydrogens is 280 g/mol. The summed E-state index contributed by atoms with van der Waals surface area (Å²) in [5.74, 6) is 0.389. The lowest BCUT2D eigenvalue weighted by molar-refractivity contribution is 0.164. The number of fused-ring (bicyclic) bond motifs is 1. The van der Waals surface area contributed by atoms with E-state index in [4.69, 9.17) is 0 Å². The maximum Gasteiger partial charge on any atom is 0.332 e. The fraction of sp³-hybridized carbons (Fsp3) is 0.688. The van der Waals surface area contributed by atoms with Crippen molar-refractivity contribution in [2.75, 3.05) is 0 Å². The van der Waals surface area contributed by atoms with Crippen LogP contribution in [0.15, 0.2) is 15.9 Å². The van der Waals surface area contributed by atoms with Crippen LogP contribution in [-0.4, -0.2) is 18.7 Å². The van der Waals surface area contributed by atoms with Crippen molar-refractivity contribution in [1.82, 2.24) is 18.7 Å². The summed E-state index contributed by atoms with van der Waals surface area (Å²) in [6, 6.07) is 0. The lowest BCUT2D eigenvalue weighted by Crippen LogP contribution is -2.42. The van der Waals surface area contributed by atoms with Gasteiger partial charge in [-0.3, -0.25) is 13.9 Å². The highest BCUT2D eigenvalue weighted by Crippen LogP contribution is 2.38. The van der Waals surface area contributed by atoms with Crippen molar-refractivity contribution in [2.45, 2.75) is 46.1 Å². The number of rotatable bonds is 2. The molecule has 0 N–H and O–H groups in total. The van der Waals surface area contributed by atoms with Crippen LogP contribution in [0, 0.1) is 11.3 Å². The molecule has 6 nitrogen and oxygen atoms in total. The molecule has 0 radical (unpaired) electrons. The van der Waals surface area contributed by atoms with Gasteiger partial charge in [0, 0.05) is 20.6 Å². The van der Waals surface area contributed by atoms with E-state index < -0.39 is 0 Å². The van der Waals surface area contributed by atoms with E-state index in [2.05, 4.69) is 18.8 Å². The minimum Gasteiger partial charge on any atom is -0.328 e. The van der Waals surface area contributed by atoms with Crippen LogP contribution in [-0.2, 0) is 20.6 Å². The Hall–Kier alpha value is -1.85. The van der Waals surface area contributed by atoms with Crippen molar-refractivity contribution in [3.8, 4) is 0 Å². The third-order valence-corrected chi connectivity index (χ3v) is 4.95. The summed E-state index contributed by atoms with van der Waals surface area (Å²) in [5, 5.41) is 0. The monoisotopic (exact) mass is 304 g/mol. The lowest BCUT2D eigenvalue weighted by Gasteiger charge is -2.35. The molecule has 2 aromatic rings. The van der Waals surface area contributed by atoms with E-state index in [1.165, 1.54) is 22.0 Å². The Balaban J connectivity index is 2.06. The quantitative estimate of drug-likeness (QED) is 0.847. The van der Waals surface area contributed by atoms with Crippen molar-refractivity contribution in [3.63, 3.8) is 0 Å². The Labute approximate surface area is 129 Å². The first-order valence-electron chi connectivity index (χ1n) is 7.91. The van der Waals surface area contributed by atoms with E-state index in [-0.39, 0.29) is 11.2 Å². The molecule has 1 aliphatic carbocycles. The average Bonchev–Trinajstić information content (AvgIpc) is 2.82. The predicted octanol–water partition coefficient (Wildman–Crippen LogP) is 1.65. The molecule has 120 valence electrons. The smallest absolute Gasteiger partial charge is 0.328 e. The van der Waals surface area contributed by atoms with Gasteiger partial charge in [0.05, 0.1) is 6.33 Å². The van der Waals surface area contributed by atoms with Crippen molar-refractivity contribution < 1.29 is 0 Å². The van der Waals surface area contributed by atoms with Gasteiger partial charge in [0.1, 0.15) is 0 Å². The molecule has 2 heterocycles. The van der Waals surface area contributed by atoms with Gasteiger partial charge in [-0.1, -0.05) is 20.3 Å². The maximum absolute atomic E-state index is 12.7. The minimum absolute atomic E-state index is 0.221. The summed E-state index contributed by atoms with van der Waals surface area (Å²) >= 11 is 0. The standard InChI is InChI=1S/C16H24N4O2/c1-16(2)7-5-6-11(8-16)9-20-14(21)12-13(17-10-18(12)3)19(4)15(20)22/h10-11H,5-9H2,1-4H3. The number of hydrogen-bond donors (Lipinski definition) is 0. The first-order valence-corrected chi connectivity index (χ1v) is 7.91.